The second kappa shape index (κ2) is 10.6. The van der Waals surface area contributed by atoms with Gasteiger partial charge >= 0.3 is 5.97 Å². The fraction of sp³-hybridized carbons (Fsp3) is 0.300. The number of carbonyl (C=O) groups excluding carboxylic acids is 2. The molecule has 1 N–H and O–H groups in total. The molecule has 27 heavy (non-hydrogen) atoms. The van der Waals surface area contributed by atoms with Crippen LogP contribution in [0.5, 0.6) is 5.75 Å². The zero-order valence-electron chi connectivity index (χ0n) is 15.2. The Morgan fingerprint density at radius 2 is 1.78 bits per heavy atom. The van der Waals surface area contributed by atoms with Crippen molar-refractivity contribution in [2.24, 2.45) is 0 Å². The number of carbonyl (C=O) groups is 2. The molecule has 0 radical (unpaired) electrons. The minimum atomic E-state index is -0.903. The van der Waals surface area contributed by atoms with Crippen molar-refractivity contribution in [3.63, 3.8) is 0 Å². The molecule has 0 aliphatic rings. The standard InChI is InChI=1S/C20H22FNO4S/c1-3-25-17-8-6-16(7-9-17)22-20(24)14(2)26-19(23)12-13-27-18-10-4-15(21)5-11-18/h4-11,14H,3,12-13H2,1-2H3,(H,22,24)/t14-/m0/s1. The van der Waals surface area contributed by atoms with E-state index in [1.165, 1.54) is 30.8 Å². The van der Waals surface area contributed by atoms with E-state index in [1.54, 1.807) is 36.4 Å². The molecular formula is C20H22FNO4S. The Morgan fingerprint density at radius 3 is 2.41 bits per heavy atom. The molecule has 0 bridgehead atoms. The van der Waals surface area contributed by atoms with Gasteiger partial charge in [-0.2, -0.15) is 0 Å². The fourth-order valence-electron chi connectivity index (χ4n) is 2.14. The first-order valence-electron chi connectivity index (χ1n) is 8.59. The topological polar surface area (TPSA) is 64.6 Å². The Kier molecular flexibility index (Phi) is 8.13. The molecule has 0 fully saturated rings. The average molecular weight is 391 g/mol. The van der Waals surface area contributed by atoms with Crippen LogP contribution in [-0.2, 0) is 14.3 Å². The molecule has 0 aromatic heterocycles. The minimum absolute atomic E-state index is 0.155. The highest BCUT2D eigenvalue weighted by Gasteiger charge is 2.17. The van der Waals surface area contributed by atoms with E-state index in [1.807, 2.05) is 6.92 Å². The van der Waals surface area contributed by atoms with Crippen molar-refractivity contribution in [1.29, 1.82) is 0 Å². The summed E-state index contributed by atoms with van der Waals surface area (Å²) >= 11 is 1.42. The monoisotopic (exact) mass is 391 g/mol. The number of esters is 1. The third-order valence-corrected chi connectivity index (χ3v) is 4.51. The maximum atomic E-state index is 12.8. The molecule has 0 saturated carbocycles. The molecule has 1 atom stereocenters. The lowest BCUT2D eigenvalue weighted by Gasteiger charge is -2.14. The quantitative estimate of drug-likeness (QED) is 0.511. The molecule has 0 spiro atoms. The average Bonchev–Trinajstić information content (AvgIpc) is 2.65. The number of thioether (sulfide) groups is 1. The van der Waals surface area contributed by atoms with Gasteiger partial charge in [0.25, 0.3) is 5.91 Å². The third-order valence-electron chi connectivity index (χ3n) is 3.50. The van der Waals surface area contributed by atoms with Gasteiger partial charge in [0.15, 0.2) is 6.10 Å². The second-order valence-corrected chi connectivity index (χ2v) is 6.80. The van der Waals surface area contributed by atoms with Crippen LogP contribution in [0.25, 0.3) is 0 Å². The molecule has 5 nitrogen and oxygen atoms in total. The Balaban J connectivity index is 1.72. The molecule has 0 saturated heterocycles. The SMILES string of the molecule is CCOc1ccc(NC(=O)[C@H](C)OC(=O)CCSc2ccc(F)cc2)cc1. The van der Waals surface area contributed by atoms with Crippen molar-refractivity contribution >= 4 is 29.3 Å². The predicted octanol–water partition coefficient (Wildman–Crippen LogP) is 4.28. The molecule has 1 amide bonds. The number of halogens is 1. The first kappa shape index (κ1) is 20.8. The van der Waals surface area contributed by atoms with Crippen LogP contribution in [0.1, 0.15) is 20.3 Å². The van der Waals surface area contributed by atoms with Gasteiger partial charge in [-0.1, -0.05) is 0 Å². The van der Waals surface area contributed by atoms with E-state index in [2.05, 4.69) is 5.32 Å². The Labute approximate surface area is 162 Å². The summed E-state index contributed by atoms with van der Waals surface area (Å²) in [6.07, 6.45) is -0.747. The summed E-state index contributed by atoms with van der Waals surface area (Å²) in [6, 6.07) is 13.0. The van der Waals surface area contributed by atoms with E-state index in [-0.39, 0.29) is 12.2 Å². The lowest BCUT2D eigenvalue weighted by molar-refractivity contribution is -0.152. The highest BCUT2D eigenvalue weighted by atomic mass is 32.2. The van der Waals surface area contributed by atoms with E-state index in [0.29, 0.717) is 23.8 Å². The van der Waals surface area contributed by atoms with Crippen molar-refractivity contribution in [2.75, 3.05) is 17.7 Å². The molecule has 2 aromatic rings. The minimum Gasteiger partial charge on any atom is -0.494 e. The number of ether oxygens (including phenoxy) is 2. The number of hydrogen-bond donors (Lipinski definition) is 1. The van der Waals surface area contributed by atoms with Crippen LogP contribution in [0.4, 0.5) is 10.1 Å². The van der Waals surface area contributed by atoms with Gasteiger partial charge in [-0.05, 0) is 62.4 Å². The van der Waals surface area contributed by atoms with Crippen LogP contribution in [0, 0.1) is 5.82 Å². The van der Waals surface area contributed by atoms with Gasteiger partial charge in [0.1, 0.15) is 11.6 Å². The normalized spacial score (nSPS) is 11.5. The van der Waals surface area contributed by atoms with Crippen LogP contribution < -0.4 is 10.1 Å². The van der Waals surface area contributed by atoms with Gasteiger partial charge in [0.2, 0.25) is 0 Å². The summed E-state index contributed by atoms with van der Waals surface area (Å²) in [5, 5.41) is 2.69. The van der Waals surface area contributed by atoms with Crippen molar-refractivity contribution in [2.45, 2.75) is 31.3 Å². The molecule has 2 rings (SSSR count). The van der Waals surface area contributed by atoms with Gasteiger partial charge in [-0.3, -0.25) is 9.59 Å². The van der Waals surface area contributed by atoms with Crippen molar-refractivity contribution < 1.29 is 23.5 Å². The molecule has 0 aliphatic heterocycles. The maximum Gasteiger partial charge on any atom is 0.307 e. The summed E-state index contributed by atoms with van der Waals surface area (Å²) in [6.45, 7) is 3.98. The second-order valence-electron chi connectivity index (χ2n) is 5.63. The lowest BCUT2D eigenvalue weighted by atomic mass is 10.3. The summed E-state index contributed by atoms with van der Waals surface area (Å²) in [7, 11) is 0. The number of hydrogen-bond acceptors (Lipinski definition) is 5. The molecule has 2 aromatic carbocycles. The number of benzene rings is 2. The number of rotatable bonds is 9. The van der Waals surface area contributed by atoms with E-state index in [0.717, 1.165) is 4.90 Å². The molecule has 0 heterocycles. The fourth-order valence-corrected chi connectivity index (χ4v) is 2.97. The summed E-state index contributed by atoms with van der Waals surface area (Å²) in [5.74, 6) is 0.0370. The van der Waals surface area contributed by atoms with E-state index >= 15 is 0 Å². The molecule has 144 valence electrons. The lowest BCUT2D eigenvalue weighted by Crippen LogP contribution is -2.30. The maximum absolute atomic E-state index is 12.8. The highest BCUT2D eigenvalue weighted by molar-refractivity contribution is 7.99. The van der Waals surface area contributed by atoms with E-state index in [4.69, 9.17) is 9.47 Å². The van der Waals surface area contributed by atoms with Crippen molar-refractivity contribution in [3.05, 3.63) is 54.3 Å². The first-order valence-corrected chi connectivity index (χ1v) is 9.58. The first-order chi connectivity index (χ1) is 13.0. The zero-order chi connectivity index (χ0) is 19.6. The number of amides is 1. The smallest absolute Gasteiger partial charge is 0.307 e. The van der Waals surface area contributed by atoms with Crippen LogP contribution in [0.3, 0.4) is 0 Å². The zero-order valence-corrected chi connectivity index (χ0v) is 16.1. The van der Waals surface area contributed by atoms with E-state index < -0.39 is 18.0 Å². The Morgan fingerprint density at radius 1 is 1.11 bits per heavy atom. The Bertz CT molecular complexity index is 750. The Hall–Kier alpha value is -2.54. The summed E-state index contributed by atoms with van der Waals surface area (Å²) in [5.41, 5.74) is 0.596. The highest BCUT2D eigenvalue weighted by Crippen LogP contribution is 2.19. The largest absolute Gasteiger partial charge is 0.494 e. The predicted molar refractivity (Wildman–Crippen MR) is 104 cm³/mol. The van der Waals surface area contributed by atoms with Gasteiger partial charge in [0.05, 0.1) is 13.0 Å². The van der Waals surface area contributed by atoms with Gasteiger partial charge in [0, 0.05) is 16.3 Å². The molecule has 0 aliphatic carbocycles. The van der Waals surface area contributed by atoms with Crippen molar-refractivity contribution in [3.8, 4) is 5.75 Å². The van der Waals surface area contributed by atoms with Gasteiger partial charge in [-0.15, -0.1) is 11.8 Å². The van der Waals surface area contributed by atoms with Crippen LogP contribution in [0.15, 0.2) is 53.4 Å². The van der Waals surface area contributed by atoms with Gasteiger partial charge in [-0.25, -0.2) is 4.39 Å². The molecule has 7 heteroatoms. The van der Waals surface area contributed by atoms with Crippen LogP contribution >= 0.6 is 11.8 Å². The summed E-state index contributed by atoms with van der Waals surface area (Å²) < 4.78 is 23.3. The third kappa shape index (κ3) is 7.30. The summed E-state index contributed by atoms with van der Waals surface area (Å²) in [4.78, 5) is 24.9. The van der Waals surface area contributed by atoms with Gasteiger partial charge < -0.3 is 14.8 Å². The van der Waals surface area contributed by atoms with Crippen molar-refractivity contribution in [1.82, 2.24) is 0 Å². The molecular weight excluding hydrogens is 369 g/mol. The number of anilines is 1. The number of nitrogens with one attached hydrogen (secondary N) is 1. The van der Waals surface area contributed by atoms with Crippen LogP contribution in [-0.4, -0.2) is 30.3 Å². The van der Waals surface area contributed by atoms with Crippen LogP contribution in [0.2, 0.25) is 0 Å². The molecule has 0 unspecified atom stereocenters. The van der Waals surface area contributed by atoms with E-state index in [9.17, 15) is 14.0 Å².